The van der Waals surface area contributed by atoms with Crippen LogP contribution in [0.4, 0.5) is 28.9 Å². The second-order valence-electron chi connectivity index (χ2n) is 12.9. The molecule has 0 saturated carbocycles. The van der Waals surface area contributed by atoms with E-state index < -0.39 is 41.4 Å². The molecule has 4 aliphatic rings. The summed E-state index contributed by atoms with van der Waals surface area (Å²) < 4.78 is 67.5. The van der Waals surface area contributed by atoms with E-state index in [-0.39, 0.29) is 47.2 Å². The van der Waals surface area contributed by atoms with Crippen molar-refractivity contribution in [1.82, 2.24) is 29.7 Å². The van der Waals surface area contributed by atoms with Gasteiger partial charge in [-0.2, -0.15) is 19.6 Å². The van der Waals surface area contributed by atoms with Crippen LogP contribution in [0.5, 0.6) is 11.5 Å². The molecule has 13 nitrogen and oxygen atoms in total. The number of ether oxygens (including phenoxy) is 2. The van der Waals surface area contributed by atoms with Crippen molar-refractivity contribution in [3.8, 4) is 22.9 Å². The second kappa shape index (κ2) is 13.7. The Bertz CT molecular complexity index is 2050. The lowest BCUT2D eigenvalue weighted by molar-refractivity contribution is 0.132. The van der Waals surface area contributed by atoms with Crippen LogP contribution in [0.2, 0.25) is 6.82 Å². The first-order valence-electron chi connectivity index (χ1n) is 16.6. The van der Waals surface area contributed by atoms with Gasteiger partial charge in [-0.25, -0.2) is 17.6 Å². The number of piperazine rings is 2. The number of benzene rings is 2. The smallest absolute Gasteiger partial charge is 0.376 e. The zero-order valence-corrected chi connectivity index (χ0v) is 28.0. The van der Waals surface area contributed by atoms with Crippen LogP contribution in [0, 0.1) is 23.3 Å². The number of nitrogens with zero attached hydrogens (tertiary/aromatic N) is 7. The number of fused-ring (bicyclic) bond motifs is 6. The van der Waals surface area contributed by atoms with Crippen LogP contribution >= 0.6 is 0 Å². The quantitative estimate of drug-likeness (QED) is 0.239. The standard InChI is InChI=1S/C17H19BF2N4O3.C16H16F2N4O2/c1-10-15-9-22(18(2)26)3-4-23(15)14-8-21-24(17(25)16(14)27-10)13-6-11(19)5-12(20)7-13;1-9-13-7-19-2-3-21(13)14-8-20-22(16(23)15(14)24-9)12-5-10(17)4-11(18)6-12/h5-8,10,15,26H,3-4,9H2,1-2H3;4-6,8-9,13,19H,2-3,7H2,1H3. The van der Waals surface area contributed by atoms with Crippen molar-refractivity contribution in [3.05, 3.63) is 92.8 Å². The van der Waals surface area contributed by atoms with Crippen LogP contribution in [-0.2, 0) is 0 Å². The van der Waals surface area contributed by atoms with Crippen molar-refractivity contribution in [2.24, 2.45) is 0 Å². The summed E-state index contributed by atoms with van der Waals surface area (Å²) in [5.74, 6) is -2.84. The van der Waals surface area contributed by atoms with Crippen molar-refractivity contribution < 1.29 is 32.1 Å². The number of hydrogen-bond donors (Lipinski definition) is 2. The number of rotatable bonds is 3. The summed E-state index contributed by atoms with van der Waals surface area (Å²) in [7, 11) is -0.560. The zero-order chi connectivity index (χ0) is 36.1. The summed E-state index contributed by atoms with van der Waals surface area (Å²) in [5, 5.41) is 21.3. The third-order valence-electron chi connectivity index (χ3n) is 9.59. The summed E-state index contributed by atoms with van der Waals surface area (Å²) in [6.07, 6.45) is 2.52. The highest BCUT2D eigenvalue weighted by Gasteiger charge is 2.41. The molecule has 0 amide bonds. The average Bonchev–Trinajstić information content (AvgIpc) is 3.09. The zero-order valence-electron chi connectivity index (χ0n) is 28.0. The van der Waals surface area contributed by atoms with Crippen LogP contribution in [0.1, 0.15) is 13.8 Å². The Morgan fingerprint density at radius 1 is 0.745 bits per heavy atom. The van der Waals surface area contributed by atoms with E-state index in [1.807, 2.05) is 23.6 Å². The van der Waals surface area contributed by atoms with Gasteiger partial charge in [-0.1, -0.05) is 0 Å². The molecule has 18 heteroatoms. The van der Waals surface area contributed by atoms with Gasteiger partial charge in [0.25, 0.3) is 0 Å². The Hall–Kier alpha value is -4.94. The molecule has 4 aliphatic heterocycles. The molecule has 2 aromatic heterocycles. The molecule has 2 saturated heterocycles. The van der Waals surface area contributed by atoms with Crippen LogP contribution in [0.3, 0.4) is 0 Å². The fraction of sp³-hybridized carbons (Fsp3) is 0.394. The molecule has 2 N–H and O–H groups in total. The molecule has 51 heavy (non-hydrogen) atoms. The molecule has 2 fully saturated rings. The Balaban J connectivity index is 0.000000160. The molecule has 268 valence electrons. The van der Waals surface area contributed by atoms with Gasteiger partial charge in [0.05, 0.1) is 35.9 Å². The molecule has 6 heterocycles. The molecule has 0 radical (unpaired) electrons. The van der Waals surface area contributed by atoms with Gasteiger partial charge >= 0.3 is 18.2 Å². The Labute approximate surface area is 289 Å². The van der Waals surface area contributed by atoms with Crippen molar-refractivity contribution in [3.63, 3.8) is 0 Å². The Kier molecular flexibility index (Phi) is 9.24. The van der Waals surface area contributed by atoms with Gasteiger partial charge in [-0.3, -0.25) is 9.59 Å². The molecule has 8 rings (SSSR count). The SMILES string of the molecule is CB(O)N1CCN2c3cnn(-c4cc(F)cc(F)c4)c(=O)c3OC(C)C2C1.CC1Oc2c(cnn(-c3cc(F)cc(F)c3)c2=O)N2CCNCC12. The van der Waals surface area contributed by atoms with E-state index in [0.29, 0.717) is 31.0 Å². The maximum Gasteiger partial charge on any atom is 0.376 e. The number of aromatic nitrogens is 4. The van der Waals surface area contributed by atoms with E-state index in [1.54, 1.807) is 6.82 Å². The van der Waals surface area contributed by atoms with E-state index in [4.69, 9.17) is 9.47 Å². The topological polar surface area (TPSA) is 130 Å². The van der Waals surface area contributed by atoms with Crippen LogP contribution in [-0.4, -0.2) is 100 Å². The number of hydrogen-bond acceptors (Lipinski definition) is 11. The summed E-state index contributed by atoms with van der Waals surface area (Å²) >= 11 is 0. The molecular formula is C33H35BF4N8O5. The van der Waals surface area contributed by atoms with Gasteiger partial charge in [-0.15, -0.1) is 0 Å². The molecule has 4 atom stereocenters. The highest BCUT2D eigenvalue weighted by Crippen LogP contribution is 2.36. The molecular weight excluding hydrogens is 675 g/mol. The third kappa shape index (κ3) is 6.54. The summed E-state index contributed by atoms with van der Waals surface area (Å²) in [4.78, 5) is 31.7. The Morgan fingerprint density at radius 2 is 1.22 bits per heavy atom. The number of halogens is 4. The van der Waals surface area contributed by atoms with E-state index >= 15 is 0 Å². The largest absolute Gasteiger partial charge is 0.481 e. The predicted octanol–water partition coefficient (Wildman–Crippen LogP) is 1.96. The lowest BCUT2D eigenvalue weighted by atomic mass is 9.82. The minimum Gasteiger partial charge on any atom is -0.481 e. The lowest BCUT2D eigenvalue weighted by Gasteiger charge is -2.48. The van der Waals surface area contributed by atoms with Gasteiger partial charge in [0.2, 0.25) is 11.5 Å². The van der Waals surface area contributed by atoms with Crippen LogP contribution in [0.25, 0.3) is 11.4 Å². The van der Waals surface area contributed by atoms with Crippen molar-refractivity contribution in [1.29, 1.82) is 0 Å². The van der Waals surface area contributed by atoms with Gasteiger partial charge < -0.3 is 34.4 Å². The number of nitrogens with one attached hydrogen (secondary N) is 1. The summed E-state index contributed by atoms with van der Waals surface area (Å²) in [6, 6.07) is 5.77. The molecule has 4 unspecified atom stereocenters. The highest BCUT2D eigenvalue weighted by molar-refractivity contribution is 6.45. The van der Waals surface area contributed by atoms with Crippen LogP contribution in [0.15, 0.2) is 58.4 Å². The summed E-state index contributed by atoms with van der Waals surface area (Å²) in [6.45, 7) is 9.63. The Morgan fingerprint density at radius 3 is 1.71 bits per heavy atom. The van der Waals surface area contributed by atoms with Crippen molar-refractivity contribution >= 4 is 18.4 Å². The molecule has 0 spiro atoms. The molecule has 0 aliphatic carbocycles. The third-order valence-corrected chi connectivity index (χ3v) is 9.59. The fourth-order valence-corrected chi connectivity index (χ4v) is 7.03. The van der Waals surface area contributed by atoms with Gasteiger partial charge in [0.15, 0.2) is 0 Å². The highest BCUT2D eigenvalue weighted by atomic mass is 19.1. The minimum absolute atomic E-state index is 0.00222. The molecule has 4 aromatic rings. The van der Waals surface area contributed by atoms with Crippen molar-refractivity contribution in [2.75, 3.05) is 49.1 Å². The number of anilines is 2. The normalized spacial score (nSPS) is 22.3. The van der Waals surface area contributed by atoms with E-state index in [0.717, 1.165) is 65.4 Å². The van der Waals surface area contributed by atoms with E-state index in [1.165, 1.54) is 12.4 Å². The summed E-state index contributed by atoms with van der Waals surface area (Å²) in [5.41, 5.74) is 0.109. The lowest BCUT2D eigenvalue weighted by Crippen LogP contribution is -2.63. The molecule has 2 aromatic carbocycles. The first-order valence-corrected chi connectivity index (χ1v) is 16.6. The van der Waals surface area contributed by atoms with Gasteiger partial charge in [0.1, 0.15) is 46.9 Å². The molecule has 0 bridgehead atoms. The van der Waals surface area contributed by atoms with Gasteiger partial charge in [0, 0.05) is 51.4 Å². The maximum atomic E-state index is 13.5. The average molecular weight is 710 g/mol. The maximum absolute atomic E-state index is 13.5. The first-order chi connectivity index (χ1) is 24.4. The minimum atomic E-state index is -0.792. The predicted molar refractivity (Wildman–Crippen MR) is 180 cm³/mol. The first kappa shape index (κ1) is 34.5. The van der Waals surface area contributed by atoms with E-state index in [2.05, 4.69) is 20.4 Å². The van der Waals surface area contributed by atoms with E-state index in [9.17, 15) is 32.2 Å². The second-order valence-corrected chi connectivity index (χ2v) is 12.9. The van der Waals surface area contributed by atoms with Crippen LogP contribution < -0.4 is 35.7 Å². The van der Waals surface area contributed by atoms with Crippen molar-refractivity contribution in [2.45, 2.75) is 45.0 Å². The monoisotopic (exact) mass is 710 g/mol. The van der Waals surface area contributed by atoms with Gasteiger partial charge in [-0.05, 0) is 44.9 Å². The fourth-order valence-electron chi connectivity index (χ4n) is 7.03.